The molecule has 0 saturated carbocycles. The lowest BCUT2D eigenvalue weighted by Crippen LogP contribution is -2.13. The van der Waals surface area contributed by atoms with Crippen molar-refractivity contribution >= 4 is 0 Å². The van der Waals surface area contributed by atoms with Gasteiger partial charge < -0.3 is 18.9 Å². The fourth-order valence-corrected chi connectivity index (χ4v) is 1.48. The molecule has 0 spiro atoms. The first-order valence-electron chi connectivity index (χ1n) is 7.47. The zero-order valence-electron chi connectivity index (χ0n) is 13.2. The van der Waals surface area contributed by atoms with Crippen LogP contribution in [0.15, 0.2) is 0 Å². The van der Waals surface area contributed by atoms with Gasteiger partial charge in [0.1, 0.15) is 0 Å². The Bertz CT molecular complexity index is 154. The molecule has 0 unspecified atom stereocenters. The molecule has 0 amide bonds. The molecule has 4 nitrogen and oxygen atoms in total. The Balaban J connectivity index is 2.95. The van der Waals surface area contributed by atoms with Gasteiger partial charge in [-0.3, -0.25) is 0 Å². The van der Waals surface area contributed by atoms with Crippen LogP contribution in [-0.4, -0.2) is 52.4 Å². The van der Waals surface area contributed by atoms with E-state index in [0.717, 1.165) is 18.9 Å². The van der Waals surface area contributed by atoms with Crippen molar-refractivity contribution in [1.29, 1.82) is 0 Å². The predicted octanol–water partition coefficient (Wildman–Crippen LogP) is 2.90. The van der Waals surface area contributed by atoms with E-state index in [0.29, 0.717) is 39.6 Å². The molecular formula is C15H32O4. The van der Waals surface area contributed by atoms with Crippen molar-refractivity contribution in [2.75, 3.05) is 46.2 Å². The summed E-state index contributed by atoms with van der Waals surface area (Å²) in [6.07, 6.45) is 2.64. The summed E-state index contributed by atoms with van der Waals surface area (Å²) in [5, 5.41) is 0. The van der Waals surface area contributed by atoms with Gasteiger partial charge in [-0.15, -0.1) is 0 Å². The summed E-state index contributed by atoms with van der Waals surface area (Å²) >= 11 is 0. The molecule has 19 heavy (non-hydrogen) atoms. The fraction of sp³-hybridized carbons (Fsp3) is 1.00. The zero-order valence-corrected chi connectivity index (χ0v) is 13.2. The minimum Gasteiger partial charge on any atom is -0.379 e. The molecule has 0 N–H and O–H groups in total. The first-order chi connectivity index (χ1) is 9.13. The highest BCUT2D eigenvalue weighted by molar-refractivity contribution is 4.44. The summed E-state index contributed by atoms with van der Waals surface area (Å²) in [4.78, 5) is 0. The van der Waals surface area contributed by atoms with Crippen LogP contribution in [0.1, 0.15) is 40.5 Å². The third-order valence-corrected chi connectivity index (χ3v) is 2.49. The summed E-state index contributed by atoms with van der Waals surface area (Å²) in [6, 6.07) is 0. The van der Waals surface area contributed by atoms with Gasteiger partial charge in [0, 0.05) is 6.61 Å². The number of hydrogen-bond donors (Lipinski definition) is 0. The van der Waals surface area contributed by atoms with E-state index in [1.807, 2.05) is 13.8 Å². The van der Waals surface area contributed by atoms with Crippen LogP contribution in [0.5, 0.6) is 0 Å². The van der Waals surface area contributed by atoms with Gasteiger partial charge in [0.2, 0.25) is 0 Å². The Morgan fingerprint density at radius 1 is 0.632 bits per heavy atom. The predicted molar refractivity (Wildman–Crippen MR) is 77.6 cm³/mol. The summed E-state index contributed by atoms with van der Waals surface area (Å²) in [7, 11) is 0. The van der Waals surface area contributed by atoms with Crippen LogP contribution in [-0.2, 0) is 18.9 Å². The zero-order chi connectivity index (χ0) is 14.3. The minimum absolute atomic E-state index is 0.271. The topological polar surface area (TPSA) is 36.9 Å². The molecule has 0 aromatic carbocycles. The maximum atomic E-state index is 5.47. The Morgan fingerprint density at radius 3 is 1.58 bits per heavy atom. The minimum atomic E-state index is 0.271. The van der Waals surface area contributed by atoms with Crippen molar-refractivity contribution in [2.45, 2.75) is 46.6 Å². The second-order valence-corrected chi connectivity index (χ2v) is 5.29. The average Bonchev–Trinajstić information content (AvgIpc) is 2.34. The summed E-state index contributed by atoms with van der Waals surface area (Å²) < 4.78 is 21.6. The van der Waals surface area contributed by atoms with Crippen molar-refractivity contribution in [2.24, 2.45) is 5.92 Å². The SMILES string of the molecule is CC(C)CCCOCCOCCOCCOC(C)C. The first-order valence-corrected chi connectivity index (χ1v) is 7.47. The standard InChI is InChI=1S/C15H32O4/c1-14(2)6-5-7-16-8-9-17-10-11-18-12-13-19-15(3)4/h14-15H,5-13H2,1-4H3. The van der Waals surface area contributed by atoms with E-state index in [1.165, 1.54) is 6.42 Å². The van der Waals surface area contributed by atoms with Crippen LogP contribution in [0.2, 0.25) is 0 Å². The molecule has 0 aliphatic rings. The Labute approximate surface area is 118 Å². The lowest BCUT2D eigenvalue weighted by atomic mass is 10.1. The van der Waals surface area contributed by atoms with Crippen LogP contribution >= 0.6 is 0 Å². The van der Waals surface area contributed by atoms with E-state index in [1.54, 1.807) is 0 Å². The molecule has 0 rings (SSSR count). The Hall–Kier alpha value is -0.160. The molecule has 0 aliphatic carbocycles. The molecule has 0 fully saturated rings. The molecule has 0 bridgehead atoms. The monoisotopic (exact) mass is 276 g/mol. The van der Waals surface area contributed by atoms with Crippen molar-refractivity contribution < 1.29 is 18.9 Å². The van der Waals surface area contributed by atoms with E-state index in [2.05, 4.69) is 13.8 Å². The van der Waals surface area contributed by atoms with Crippen LogP contribution in [0.3, 0.4) is 0 Å². The number of rotatable bonds is 14. The third-order valence-electron chi connectivity index (χ3n) is 2.49. The van der Waals surface area contributed by atoms with Crippen LogP contribution < -0.4 is 0 Å². The first kappa shape index (κ1) is 18.8. The molecule has 0 radical (unpaired) electrons. The highest BCUT2D eigenvalue weighted by atomic mass is 16.6. The molecule has 0 saturated heterocycles. The fourth-order valence-electron chi connectivity index (χ4n) is 1.48. The molecule has 0 aromatic heterocycles. The third kappa shape index (κ3) is 17.8. The summed E-state index contributed by atoms with van der Waals surface area (Å²) in [6.45, 7) is 13.2. The van der Waals surface area contributed by atoms with Crippen molar-refractivity contribution in [3.8, 4) is 0 Å². The number of ether oxygens (including phenoxy) is 4. The maximum absolute atomic E-state index is 5.47. The highest BCUT2D eigenvalue weighted by Gasteiger charge is 1.95. The van der Waals surface area contributed by atoms with Crippen molar-refractivity contribution in [3.05, 3.63) is 0 Å². The second kappa shape index (κ2) is 14.3. The normalized spacial score (nSPS) is 11.7. The molecule has 0 heterocycles. The molecule has 0 atom stereocenters. The van der Waals surface area contributed by atoms with Crippen molar-refractivity contribution in [3.63, 3.8) is 0 Å². The van der Waals surface area contributed by atoms with Gasteiger partial charge in [-0.05, 0) is 32.6 Å². The number of hydrogen-bond acceptors (Lipinski definition) is 4. The van der Waals surface area contributed by atoms with Gasteiger partial charge >= 0.3 is 0 Å². The smallest absolute Gasteiger partial charge is 0.0703 e. The molecule has 116 valence electrons. The molecular weight excluding hydrogens is 244 g/mol. The average molecular weight is 276 g/mol. The maximum Gasteiger partial charge on any atom is 0.0703 e. The van der Waals surface area contributed by atoms with Crippen molar-refractivity contribution in [1.82, 2.24) is 0 Å². The van der Waals surface area contributed by atoms with Gasteiger partial charge in [-0.25, -0.2) is 0 Å². The quantitative estimate of drug-likeness (QED) is 0.457. The highest BCUT2D eigenvalue weighted by Crippen LogP contribution is 2.02. The van der Waals surface area contributed by atoms with Gasteiger partial charge in [0.05, 0.1) is 45.7 Å². The molecule has 0 aromatic rings. The van der Waals surface area contributed by atoms with Gasteiger partial charge in [-0.1, -0.05) is 13.8 Å². The van der Waals surface area contributed by atoms with E-state index < -0.39 is 0 Å². The lowest BCUT2D eigenvalue weighted by Gasteiger charge is -2.09. The van der Waals surface area contributed by atoms with E-state index in [4.69, 9.17) is 18.9 Å². The Morgan fingerprint density at radius 2 is 1.11 bits per heavy atom. The molecule has 4 heteroatoms. The van der Waals surface area contributed by atoms with E-state index >= 15 is 0 Å². The van der Waals surface area contributed by atoms with Crippen LogP contribution in [0.4, 0.5) is 0 Å². The van der Waals surface area contributed by atoms with E-state index in [9.17, 15) is 0 Å². The lowest BCUT2D eigenvalue weighted by molar-refractivity contribution is -0.0120. The molecule has 0 aliphatic heterocycles. The summed E-state index contributed by atoms with van der Waals surface area (Å²) in [5.74, 6) is 0.761. The summed E-state index contributed by atoms with van der Waals surface area (Å²) in [5.41, 5.74) is 0. The van der Waals surface area contributed by atoms with Gasteiger partial charge in [0.15, 0.2) is 0 Å². The van der Waals surface area contributed by atoms with Crippen LogP contribution in [0, 0.1) is 5.92 Å². The largest absolute Gasteiger partial charge is 0.379 e. The van der Waals surface area contributed by atoms with Crippen LogP contribution in [0.25, 0.3) is 0 Å². The second-order valence-electron chi connectivity index (χ2n) is 5.29. The van der Waals surface area contributed by atoms with Gasteiger partial charge in [0.25, 0.3) is 0 Å². The van der Waals surface area contributed by atoms with E-state index in [-0.39, 0.29) is 6.10 Å². The Kier molecular flexibility index (Phi) is 14.1. The van der Waals surface area contributed by atoms with Gasteiger partial charge in [-0.2, -0.15) is 0 Å².